The predicted molar refractivity (Wildman–Crippen MR) is 51.2 cm³/mol. The van der Waals surface area contributed by atoms with Crippen molar-refractivity contribution in [3.8, 4) is 17.6 Å². The van der Waals surface area contributed by atoms with E-state index in [0.29, 0.717) is 5.75 Å². The highest BCUT2D eigenvalue weighted by atomic mass is 16.5. The van der Waals surface area contributed by atoms with Crippen LogP contribution < -0.4 is 4.74 Å². The highest BCUT2D eigenvalue weighted by molar-refractivity contribution is 5.48. The van der Waals surface area contributed by atoms with Crippen LogP contribution in [0.1, 0.15) is 18.4 Å². The molecule has 0 spiro atoms. The van der Waals surface area contributed by atoms with E-state index in [0.717, 1.165) is 18.4 Å². The minimum absolute atomic E-state index is 0.116. The van der Waals surface area contributed by atoms with Crippen molar-refractivity contribution in [1.82, 2.24) is 0 Å². The second-order valence-corrected chi connectivity index (χ2v) is 3.58. The van der Waals surface area contributed by atoms with Crippen LogP contribution in [-0.4, -0.2) is 12.2 Å². The Morgan fingerprint density at radius 1 is 1.50 bits per heavy atom. The standard InChI is InChI=1S/C11H11NO2/c1-14-10-6-8(2-3-9(10)13)11(7-12)4-5-11/h2-3,6,13H,4-5H2,1H3. The lowest BCUT2D eigenvalue weighted by molar-refractivity contribution is 0.372. The Kier molecular flexibility index (Phi) is 1.85. The molecule has 0 amide bonds. The molecule has 1 N–H and O–H groups in total. The molecule has 0 bridgehead atoms. The first kappa shape index (κ1) is 8.89. The van der Waals surface area contributed by atoms with Crippen molar-refractivity contribution in [2.45, 2.75) is 18.3 Å². The third kappa shape index (κ3) is 1.20. The average Bonchev–Trinajstić information content (AvgIpc) is 2.99. The van der Waals surface area contributed by atoms with E-state index in [1.54, 1.807) is 18.2 Å². The minimum Gasteiger partial charge on any atom is -0.504 e. The van der Waals surface area contributed by atoms with Crippen LogP contribution >= 0.6 is 0 Å². The molecule has 1 aliphatic rings. The summed E-state index contributed by atoms with van der Waals surface area (Å²) in [7, 11) is 1.50. The quantitative estimate of drug-likeness (QED) is 0.773. The van der Waals surface area contributed by atoms with Crippen molar-refractivity contribution in [1.29, 1.82) is 5.26 Å². The Morgan fingerprint density at radius 2 is 2.21 bits per heavy atom. The number of ether oxygens (including phenoxy) is 1. The monoisotopic (exact) mass is 189 g/mol. The molecule has 0 aromatic heterocycles. The van der Waals surface area contributed by atoms with Crippen LogP contribution in [0, 0.1) is 11.3 Å². The number of hydrogen-bond donors (Lipinski definition) is 1. The van der Waals surface area contributed by atoms with Gasteiger partial charge in [-0.2, -0.15) is 5.26 Å². The van der Waals surface area contributed by atoms with Gasteiger partial charge in [0.25, 0.3) is 0 Å². The lowest BCUT2D eigenvalue weighted by Gasteiger charge is -2.09. The van der Waals surface area contributed by atoms with Gasteiger partial charge in [-0.1, -0.05) is 6.07 Å². The van der Waals surface area contributed by atoms with Crippen molar-refractivity contribution in [3.05, 3.63) is 23.8 Å². The highest BCUT2D eigenvalue weighted by Gasteiger charge is 2.45. The summed E-state index contributed by atoms with van der Waals surface area (Å²) in [5.74, 6) is 0.550. The van der Waals surface area contributed by atoms with E-state index in [9.17, 15) is 5.11 Å². The maximum Gasteiger partial charge on any atom is 0.160 e. The molecule has 72 valence electrons. The van der Waals surface area contributed by atoms with Gasteiger partial charge in [-0.25, -0.2) is 0 Å². The van der Waals surface area contributed by atoms with Gasteiger partial charge in [0.2, 0.25) is 0 Å². The van der Waals surface area contributed by atoms with Crippen molar-refractivity contribution in [2.75, 3.05) is 7.11 Å². The van der Waals surface area contributed by atoms with E-state index in [1.807, 2.05) is 0 Å². The Bertz CT molecular complexity index is 402. The van der Waals surface area contributed by atoms with Crippen LogP contribution in [0.2, 0.25) is 0 Å². The molecule has 1 fully saturated rings. The van der Waals surface area contributed by atoms with Gasteiger partial charge in [0, 0.05) is 0 Å². The number of aromatic hydroxyl groups is 1. The zero-order valence-corrected chi connectivity index (χ0v) is 7.95. The van der Waals surface area contributed by atoms with Gasteiger partial charge >= 0.3 is 0 Å². The number of rotatable bonds is 2. The van der Waals surface area contributed by atoms with E-state index in [-0.39, 0.29) is 11.2 Å². The third-order valence-corrected chi connectivity index (χ3v) is 2.70. The number of phenols is 1. The molecule has 2 rings (SSSR count). The minimum atomic E-state index is -0.318. The Morgan fingerprint density at radius 3 is 2.71 bits per heavy atom. The molecule has 3 heteroatoms. The summed E-state index contributed by atoms with van der Waals surface area (Å²) in [5, 5.41) is 18.4. The van der Waals surface area contributed by atoms with E-state index in [4.69, 9.17) is 10.00 Å². The topological polar surface area (TPSA) is 53.2 Å². The van der Waals surface area contributed by atoms with E-state index >= 15 is 0 Å². The van der Waals surface area contributed by atoms with Gasteiger partial charge in [-0.05, 0) is 30.5 Å². The first-order valence-corrected chi connectivity index (χ1v) is 4.50. The molecule has 0 atom stereocenters. The smallest absolute Gasteiger partial charge is 0.160 e. The average molecular weight is 189 g/mol. The lowest BCUT2D eigenvalue weighted by Crippen LogP contribution is -2.02. The van der Waals surface area contributed by atoms with Crippen LogP contribution in [0.15, 0.2) is 18.2 Å². The molecule has 1 saturated carbocycles. The molecule has 1 aromatic carbocycles. The zero-order valence-electron chi connectivity index (χ0n) is 7.95. The van der Waals surface area contributed by atoms with Gasteiger partial charge in [0.05, 0.1) is 18.6 Å². The van der Waals surface area contributed by atoms with Crippen LogP contribution in [0.25, 0.3) is 0 Å². The van der Waals surface area contributed by atoms with Gasteiger partial charge in [0.1, 0.15) is 0 Å². The number of methoxy groups -OCH3 is 1. The van der Waals surface area contributed by atoms with Crippen LogP contribution in [0.3, 0.4) is 0 Å². The summed E-state index contributed by atoms with van der Waals surface area (Å²) in [6, 6.07) is 7.40. The van der Waals surface area contributed by atoms with Crippen LogP contribution in [0.4, 0.5) is 0 Å². The molecular weight excluding hydrogens is 178 g/mol. The van der Waals surface area contributed by atoms with Crippen LogP contribution in [-0.2, 0) is 5.41 Å². The summed E-state index contributed by atoms with van der Waals surface area (Å²) in [6.45, 7) is 0. The van der Waals surface area contributed by atoms with Gasteiger partial charge < -0.3 is 9.84 Å². The Balaban J connectivity index is 2.42. The van der Waals surface area contributed by atoms with E-state index < -0.39 is 0 Å². The molecular formula is C11H11NO2. The second-order valence-electron chi connectivity index (χ2n) is 3.58. The molecule has 1 aliphatic carbocycles. The second kappa shape index (κ2) is 2.91. The third-order valence-electron chi connectivity index (χ3n) is 2.70. The van der Waals surface area contributed by atoms with Crippen molar-refractivity contribution in [2.24, 2.45) is 0 Å². The first-order chi connectivity index (χ1) is 6.72. The molecule has 1 aromatic rings. The Labute approximate surface area is 82.6 Å². The number of benzene rings is 1. The summed E-state index contributed by atoms with van der Waals surface area (Å²) in [5.41, 5.74) is 0.621. The SMILES string of the molecule is COc1cc(C2(C#N)CC2)ccc1O. The normalized spacial score (nSPS) is 17.1. The fraction of sp³-hybridized carbons (Fsp3) is 0.364. The number of nitriles is 1. The largest absolute Gasteiger partial charge is 0.504 e. The van der Waals surface area contributed by atoms with E-state index in [1.165, 1.54) is 7.11 Å². The van der Waals surface area contributed by atoms with Crippen molar-refractivity contribution >= 4 is 0 Å². The van der Waals surface area contributed by atoms with E-state index in [2.05, 4.69) is 6.07 Å². The highest BCUT2D eigenvalue weighted by Crippen LogP contribution is 2.49. The molecule has 14 heavy (non-hydrogen) atoms. The zero-order chi connectivity index (χ0) is 10.2. The fourth-order valence-electron chi connectivity index (χ4n) is 1.57. The molecule has 0 heterocycles. The summed E-state index contributed by atoms with van der Waals surface area (Å²) < 4.78 is 4.99. The summed E-state index contributed by atoms with van der Waals surface area (Å²) in [4.78, 5) is 0. The maximum atomic E-state index is 9.39. The molecule has 0 aliphatic heterocycles. The summed E-state index contributed by atoms with van der Waals surface area (Å²) in [6.07, 6.45) is 1.80. The lowest BCUT2D eigenvalue weighted by atomic mass is 9.97. The number of nitrogens with zero attached hydrogens (tertiary/aromatic N) is 1. The number of hydrogen-bond acceptors (Lipinski definition) is 3. The molecule has 0 radical (unpaired) electrons. The Hall–Kier alpha value is -1.69. The van der Waals surface area contributed by atoms with Gasteiger partial charge in [-0.15, -0.1) is 0 Å². The molecule has 3 nitrogen and oxygen atoms in total. The molecule has 0 unspecified atom stereocenters. The number of phenolic OH excluding ortho intramolecular Hbond substituents is 1. The van der Waals surface area contributed by atoms with Gasteiger partial charge in [0.15, 0.2) is 11.5 Å². The van der Waals surface area contributed by atoms with Crippen molar-refractivity contribution < 1.29 is 9.84 Å². The first-order valence-electron chi connectivity index (χ1n) is 4.50. The molecule has 0 saturated heterocycles. The summed E-state index contributed by atoms with van der Waals surface area (Å²) >= 11 is 0. The van der Waals surface area contributed by atoms with Gasteiger partial charge in [-0.3, -0.25) is 0 Å². The predicted octanol–water partition coefficient (Wildman–Crippen LogP) is 1.96. The van der Waals surface area contributed by atoms with Crippen molar-refractivity contribution in [3.63, 3.8) is 0 Å². The van der Waals surface area contributed by atoms with Crippen LogP contribution in [0.5, 0.6) is 11.5 Å². The fourth-order valence-corrected chi connectivity index (χ4v) is 1.57. The maximum absolute atomic E-state index is 9.39.